The number of esters is 2. The SMILES string of the molecule is COc1ccccc1-c1cccc(NC=C2C(=O)OC(C)(C)OC2=O)c1. The second kappa shape index (κ2) is 6.92. The lowest BCUT2D eigenvalue weighted by atomic mass is 10.0. The van der Waals surface area contributed by atoms with Crippen LogP contribution in [0.15, 0.2) is 60.3 Å². The second-order valence-electron chi connectivity index (χ2n) is 6.16. The lowest BCUT2D eigenvalue weighted by Gasteiger charge is -2.29. The van der Waals surface area contributed by atoms with Crippen molar-refractivity contribution in [1.82, 2.24) is 0 Å². The Bertz CT molecular complexity index is 863. The van der Waals surface area contributed by atoms with Crippen LogP contribution in [-0.2, 0) is 19.1 Å². The van der Waals surface area contributed by atoms with Crippen LogP contribution in [0.3, 0.4) is 0 Å². The third-order valence-corrected chi connectivity index (χ3v) is 3.78. The molecule has 0 amide bonds. The molecule has 0 aromatic heterocycles. The summed E-state index contributed by atoms with van der Waals surface area (Å²) in [5.41, 5.74) is 2.38. The smallest absolute Gasteiger partial charge is 0.350 e. The van der Waals surface area contributed by atoms with Gasteiger partial charge in [0.05, 0.1) is 7.11 Å². The van der Waals surface area contributed by atoms with E-state index in [0.717, 1.165) is 16.9 Å². The Morgan fingerprint density at radius 3 is 2.38 bits per heavy atom. The first-order valence-corrected chi connectivity index (χ1v) is 8.06. The molecule has 1 saturated heterocycles. The Hall–Kier alpha value is -3.28. The van der Waals surface area contributed by atoms with Crippen molar-refractivity contribution in [3.05, 3.63) is 60.3 Å². The zero-order chi connectivity index (χ0) is 18.7. The lowest BCUT2D eigenvalue weighted by Crippen LogP contribution is -2.42. The minimum absolute atomic E-state index is 0.188. The quantitative estimate of drug-likeness (QED) is 0.515. The van der Waals surface area contributed by atoms with Gasteiger partial charge in [-0.25, -0.2) is 9.59 Å². The van der Waals surface area contributed by atoms with Crippen molar-refractivity contribution >= 4 is 17.6 Å². The fourth-order valence-corrected chi connectivity index (χ4v) is 2.59. The molecule has 1 heterocycles. The summed E-state index contributed by atoms with van der Waals surface area (Å²) in [6.07, 6.45) is 1.29. The number of benzene rings is 2. The van der Waals surface area contributed by atoms with Crippen molar-refractivity contribution in [1.29, 1.82) is 0 Å². The van der Waals surface area contributed by atoms with Gasteiger partial charge in [-0.05, 0) is 23.8 Å². The largest absolute Gasteiger partial charge is 0.496 e. The molecule has 2 aromatic rings. The Kier molecular flexibility index (Phi) is 4.67. The van der Waals surface area contributed by atoms with Crippen LogP contribution in [0, 0.1) is 0 Å². The van der Waals surface area contributed by atoms with Crippen LogP contribution in [-0.4, -0.2) is 24.8 Å². The number of ether oxygens (including phenoxy) is 3. The second-order valence-corrected chi connectivity index (χ2v) is 6.16. The molecule has 2 aromatic carbocycles. The van der Waals surface area contributed by atoms with Crippen LogP contribution in [0.4, 0.5) is 5.69 Å². The maximum absolute atomic E-state index is 12.0. The summed E-state index contributed by atoms with van der Waals surface area (Å²) in [6, 6.07) is 15.2. The van der Waals surface area contributed by atoms with E-state index in [1.54, 1.807) is 7.11 Å². The third-order valence-electron chi connectivity index (χ3n) is 3.78. The molecule has 26 heavy (non-hydrogen) atoms. The number of cyclic esters (lactones) is 2. The van der Waals surface area contributed by atoms with Crippen molar-refractivity contribution in [2.24, 2.45) is 0 Å². The number of methoxy groups -OCH3 is 1. The maximum atomic E-state index is 12.0. The van der Waals surface area contributed by atoms with Gasteiger partial charge in [0.2, 0.25) is 0 Å². The van der Waals surface area contributed by atoms with Gasteiger partial charge in [0.15, 0.2) is 5.57 Å². The average molecular weight is 353 g/mol. The summed E-state index contributed by atoms with van der Waals surface area (Å²) in [4.78, 5) is 23.9. The van der Waals surface area contributed by atoms with E-state index in [0.29, 0.717) is 5.69 Å². The molecule has 0 spiro atoms. The Morgan fingerprint density at radius 2 is 1.69 bits per heavy atom. The van der Waals surface area contributed by atoms with E-state index in [9.17, 15) is 9.59 Å². The minimum atomic E-state index is -1.25. The molecule has 0 atom stereocenters. The lowest BCUT2D eigenvalue weighted by molar-refractivity contribution is -0.222. The molecule has 0 aliphatic carbocycles. The van der Waals surface area contributed by atoms with Gasteiger partial charge in [0, 0.05) is 31.3 Å². The third kappa shape index (κ3) is 3.69. The summed E-state index contributed by atoms with van der Waals surface area (Å²) in [7, 11) is 1.62. The molecule has 1 N–H and O–H groups in total. The summed E-state index contributed by atoms with van der Waals surface area (Å²) < 4.78 is 15.5. The highest BCUT2D eigenvalue weighted by atomic mass is 16.7. The van der Waals surface area contributed by atoms with E-state index in [-0.39, 0.29) is 5.57 Å². The van der Waals surface area contributed by atoms with Gasteiger partial charge in [-0.2, -0.15) is 0 Å². The molecule has 0 saturated carbocycles. The normalized spacial score (nSPS) is 15.7. The summed E-state index contributed by atoms with van der Waals surface area (Å²) in [5, 5.41) is 2.95. The zero-order valence-corrected chi connectivity index (χ0v) is 14.7. The number of rotatable bonds is 4. The fraction of sp³-hybridized carbons (Fsp3) is 0.200. The van der Waals surface area contributed by atoms with E-state index in [2.05, 4.69) is 5.32 Å². The monoisotopic (exact) mass is 353 g/mol. The molecule has 1 aliphatic heterocycles. The summed E-state index contributed by atoms with van der Waals surface area (Å²) in [5.74, 6) is -1.95. The Balaban J connectivity index is 1.84. The molecule has 6 heteroatoms. The topological polar surface area (TPSA) is 73.9 Å². The first-order valence-electron chi connectivity index (χ1n) is 8.06. The molecule has 0 unspecified atom stereocenters. The predicted molar refractivity (Wildman–Crippen MR) is 96.4 cm³/mol. The number of hydrogen-bond donors (Lipinski definition) is 1. The maximum Gasteiger partial charge on any atom is 0.350 e. The fourth-order valence-electron chi connectivity index (χ4n) is 2.59. The first-order chi connectivity index (χ1) is 12.4. The van der Waals surface area contributed by atoms with E-state index in [1.807, 2.05) is 48.5 Å². The first kappa shape index (κ1) is 17.5. The number of para-hydroxylation sites is 1. The highest BCUT2D eigenvalue weighted by Crippen LogP contribution is 2.31. The van der Waals surface area contributed by atoms with E-state index in [4.69, 9.17) is 14.2 Å². The van der Waals surface area contributed by atoms with Crippen molar-refractivity contribution in [2.45, 2.75) is 19.6 Å². The van der Waals surface area contributed by atoms with Crippen molar-refractivity contribution < 1.29 is 23.8 Å². The van der Waals surface area contributed by atoms with Crippen LogP contribution < -0.4 is 10.1 Å². The van der Waals surface area contributed by atoms with E-state index >= 15 is 0 Å². The number of anilines is 1. The average Bonchev–Trinajstić information content (AvgIpc) is 2.60. The van der Waals surface area contributed by atoms with Crippen LogP contribution in [0.2, 0.25) is 0 Å². The Labute approximate surface area is 151 Å². The van der Waals surface area contributed by atoms with Gasteiger partial charge in [-0.3, -0.25) is 0 Å². The molecular weight excluding hydrogens is 334 g/mol. The van der Waals surface area contributed by atoms with E-state index < -0.39 is 17.7 Å². The molecule has 1 fully saturated rings. The van der Waals surface area contributed by atoms with Crippen molar-refractivity contribution in [3.63, 3.8) is 0 Å². The number of carbonyl (C=O) groups is 2. The molecule has 0 bridgehead atoms. The number of nitrogens with one attached hydrogen (secondary N) is 1. The van der Waals surface area contributed by atoms with Crippen molar-refractivity contribution in [3.8, 4) is 16.9 Å². The van der Waals surface area contributed by atoms with Gasteiger partial charge in [-0.1, -0.05) is 30.3 Å². The van der Waals surface area contributed by atoms with Crippen LogP contribution in [0.25, 0.3) is 11.1 Å². The predicted octanol–water partition coefficient (Wildman–Crippen LogP) is 3.49. The molecule has 0 radical (unpaired) electrons. The highest BCUT2D eigenvalue weighted by molar-refractivity contribution is 6.15. The highest BCUT2D eigenvalue weighted by Gasteiger charge is 2.38. The molecular formula is C20H19NO5. The molecule has 1 aliphatic rings. The van der Waals surface area contributed by atoms with Gasteiger partial charge in [0.1, 0.15) is 5.75 Å². The van der Waals surface area contributed by atoms with Gasteiger partial charge in [0.25, 0.3) is 5.79 Å². The zero-order valence-electron chi connectivity index (χ0n) is 14.7. The summed E-state index contributed by atoms with van der Waals surface area (Å²) >= 11 is 0. The Morgan fingerprint density at radius 1 is 1.00 bits per heavy atom. The number of carbonyl (C=O) groups excluding carboxylic acids is 2. The summed E-state index contributed by atoms with van der Waals surface area (Å²) in [6.45, 7) is 3.01. The van der Waals surface area contributed by atoms with E-state index in [1.165, 1.54) is 20.0 Å². The van der Waals surface area contributed by atoms with Gasteiger partial charge in [-0.15, -0.1) is 0 Å². The van der Waals surface area contributed by atoms with Crippen molar-refractivity contribution in [2.75, 3.05) is 12.4 Å². The molecule has 6 nitrogen and oxygen atoms in total. The van der Waals surface area contributed by atoms with Gasteiger partial charge >= 0.3 is 11.9 Å². The van der Waals surface area contributed by atoms with Crippen LogP contribution in [0.5, 0.6) is 5.75 Å². The van der Waals surface area contributed by atoms with Crippen LogP contribution >= 0.6 is 0 Å². The molecule has 3 rings (SSSR count). The number of hydrogen-bond acceptors (Lipinski definition) is 6. The molecule has 134 valence electrons. The van der Waals surface area contributed by atoms with Gasteiger partial charge < -0.3 is 19.5 Å². The van der Waals surface area contributed by atoms with Crippen LogP contribution in [0.1, 0.15) is 13.8 Å². The standard InChI is InChI=1S/C20H19NO5/c1-20(2)25-18(22)16(19(23)26-20)12-21-14-8-6-7-13(11-14)15-9-4-5-10-17(15)24-3/h4-12,21H,1-3H3. The minimum Gasteiger partial charge on any atom is -0.496 e.